The molecule has 4 nitrogen and oxygen atoms in total. The number of carboxylic acid groups (broad SMARTS) is 1. The van der Waals surface area contributed by atoms with Gasteiger partial charge in [-0.05, 0) is 6.92 Å². The first-order valence-corrected chi connectivity index (χ1v) is 3.34. The second-order valence-electron chi connectivity index (χ2n) is 2.80. The van der Waals surface area contributed by atoms with E-state index in [1.54, 1.807) is 20.1 Å². The zero-order valence-electron chi connectivity index (χ0n) is 7.97. The van der Waals surface area contributed by atoms with E-state index in [1.165, 1.54) is 6.92 Å². The zero-order valence-corrected chi connectivity index (χ0v) is 9.46. The standard InChI is InChI=1S/C6H9O2.C2H4O2.Ag/c1-5(8)6(2,3)4-7;1-2(3)4;/h1-3H3;1H3,(H,3,4);/q-1;;+1. The number of carbonyl (C=O) groups excluding carboxylic acids is 2. The first-order chi connectivity index (χ1) is 5.24. The summed E-state index contributed by atoms with van der Waals surface area (Å²) in [6, 6.07) is 0. The molecule has 0 rings (SSSR count). The van der Waals surface area contributed by atoms with Crippen molar-refractivity contribution in [3.8, 4) is 0 Å². The molecule has 0 aliphatic heterocycles. The van der Waals surface area contributed by atoms with E-state index < -0.39 is 11.4 Å². The number of aliphatic carboxylic acids is 1. The van der Waals surface area contributed by atoms with Crippen LogP contribution in [0.5, 0.6) is 0 Å². The Morgan fingerprint density at radius 3 is 1.46 bits per heavy atom. The monoisotopic (exact) mass is 280 g/mol. The molecule has 80 valence electrons. The van der Waals surface area contributed by atoms with E-state index in [1.807, 2.05) is 0 Å². The van der Waals surface area contributed by atoms with Gasteiger partial charge in [-0.15, -0.1) is 0 Å². The minimum Gasteiger partial charge on any atom is -0.541 e. The molecule has 0 spiro atoms. The average molecular weight is 281 g/mol. The summed E-state index contributed by atoms with van der Waals surface area (Å²) in [5.74, 6) is -0.979. The molecule has 0 unspecified atom stereocenters. The topological polar surface area (TPSA) is 71.4 Å². The Kier molecular flexibility index (Phi) is 11.5. The van der Waals surface area contributed by atoms with E-state index in [9.17, 15) is 9.59 Å². The van der Waals surface area contributed by atoms with Crippen molar-refractivity contribution in [1.82, 2.24) is 0 Å². The fraction of sp³-hybridized carbons (Fsp3) is 0.625. The Morgan fingerprint density at radius 1 is 1.23 bits per heavy atom. The molecule has 0 fully saturated rings. The first kappa shape index (κ1) is 18.4. The van der Waals surface area contributed by atoms with Gasteiger partial charge in [-0.2, -0.15) is 0 Å². The third-order valence-corrected chi connectivity index (χ3v) is 1.14. The molecule has 0 aromatic rings. The first-order valence-electron chi connectivity index (χ1n) is 3.34. The van der Waals surface area contributed by atoms with Gasteiger partial charge in [0.2, 0.25) is 0 Å². The van der Waals surface area contributed by atoms with Crippen molar-refractivity contribution < 1.29 is 41.9 Å². The summed E-state index contributed by atoms with van der Waals surface area (Å²) < 4.78 is 0. The normalized spacial score (nSPS) is 8.62. The van der Waals surface area contributed by atoms with Crippen LogP contribution in [-0.4, -0.2) is 23.1 Å². The molecule has 0 heterocycles. The van der Waals surface area contributed by atoms with Crippen molar-refractivity contribution in [2.24, 2.45) is 5.41 Å². The van der Waals surface area contributed by atoms with Gasteiger partial charge in [-0.25, -0.2) is 0 Å². The predicted octanol–water partition coefficient (Wildman–Crippen LogP) is 0.800. The molecule has 5 heteroatoms. The maximum atomic E-state index is 10.4. The van der Waals surface area contributed by atoms with Crippen LogP contribution >= 0.6 is 0 Å². The van der Waals surface area contributed by atoms with Crippen molar-refractivity contribution in [3.63, 3.8) is 0 Å². The predicted molar refractivity (Wildman–Crippen MR) is 43.5 cm³/mol. The number of carboxylic acids is 1. The molecule has 0 bridgehead atoms. The number of ketones is 1. The number of Topliss-reactive ketones (excluding diaryl/α,β-unsaturated/α-hetero) is 1. The summed E-state index contributed by atoms with van der Waals surface area (Å²) in [5.41, 5.74) is -0.903. The second-order valence-corrected chi connectivity index (χ2v) is 2.80. The summed E-state index contributed by atoms with van der Waals surface area (Å²) in [6.07, 6.45) is 1.64. The molecule has 0 aliphatic rings. The SMILES string of the molecule is CC(=O)C(C)(C)[C-]=O.CC(=O)O.[Ag+]. The van der Waals surface area contributed by atoms with E-state index in [0.29, 0.717) is 0 Å². The molecule has 0 aromatic heterocycles. The van der Waals surface area contributed by atoms with Gasteiger partial charge in [0.05, 0.1) is 0 Å². The van der Waals surface area contributed by atoms with Crippen molar-refractivity contribution in [2.75, 3.05) is 0 Å². The van der Waals surface area contributed by atoms with Crippen molar-refractivity contribution in [3.05, 3.63) is 0 Å². The molecule has 1 N–H and O–H groups in total. The fourth-order valence-corrected chi connectivity index (χ4v) is 0.0719. The van der Waals surface area contributed by atoms with Crippen LogP contribution in [-0.2, 0) is 36.8 Å². The van der Waals surface area contributed by atoms with E-state index in [2.05, 4.69) is 0 Å². The van der Waals surface area contributed by atoms with Crippen LogP contribution in [0.2, 0.25) is 0 Å². The van der Waals surface area contributed by atoms with Crippen LogP contribution in [0.1, 0.15) is 27.7 Å². The molecule has 0 amide bonds. The molecule has 0 atom stereocenters. The van der Waals surface area contributed by atoms with Crippen molar-refractivity contribution >= 4 is 18.0 Å². The van der Waals surface area contributed by atoms with Crippen molar-refractivity contribution in [2.45, 2.75) is 27.7 Å². The van der Waals surface area contributed by atoms with Gasteiger partial charge in [-0.1, -0.05) is 19.3 Å². The Morgan fingerprint density at radius 2 is 1.46 bits per heavy atom. The number of carbonyl (C=O) groups is 2. The fourth-order valence-electron chi connectivity index (χ4n) is 0.0719. The van der Waals surface area contributed by atoms with Crippen molar-refractivity contribution in [1.29, 1.82) is 0 Å². The van der Waals surface area contributed by atoms with E-state index in [4.69, 9.17) is 9.90 Å². The summed E-state index contributed by atoms with van der Waals surface area (Å²) in [4.78, 5) is 29.4. The number of rotatable bonds is 2. The third kappa shape index (κ3) is 14.4. The summed E-state index contributed by atoms with van der Waals surface area (Å²) >= 11 is 0. The smallest absolute Gasteiger partial charge is 0.541 e. The van der Waals surface area contributed by atoms with Crippen LogP contribution in [0.25, 0.3) is 0 Å². The molecular weight excluding hydrogens is 268 g/mol. The average Bonchev–Trinajstić information content (AvgIpc) is 1.86. The Balaban J connectivity index is -0.000000173. The van der Waals surface area contributed by atoms with Gasteiger partial charge in [0.25, 0.3) is 5.97 Å². The van der Waals surface area contributed by atoms with Crippen LogP contribution in [0.4, 0.5) is 0 Å². The summed E-state index contributed by atoms with van der Waals surface area (Å²) in [5, 5.41) is 7.42. The summed E-state index contributed by atoms with van der Waals surface area (Å²) in [7, 11) is 0. The summed E-state index contributed by atoms with van der Waals surface area (Å²) in [6.45, 7) is 5.55. The van der Waals surface area contributed by atoms with Crippen LogP contribution in [0, 0.1) is 5.41 Å². The minimum atomic E-state index is -0.903. The van der Waals surface area contributed by atoms with Gasteiger partial charge in [0.15, 0.2) is 0 Å². The van der Waals surface area contributed by atoms with Gasteiger partial charge in [-0.3, -0.25) is 11.1 Å². The Bertz CT molecular complexity index is 183. The molecule has 0 radical (unpaired) electrons. The zero-order chi connectivity index (χ0) is 10.4. The van der Waals surface area contributed by atoms with Crippen LogP contribution < -0.4 is 0 Å². The van der Waals surface area contributed by atoms with Crippen LogP contribution in [0.3, 0.4) is 0 Å². The van der Waals surface area contributed by atoms with Gasteiger partial charge in [0, 0.05) is 6.92 Å². The third-order valence-electron chi connectivity index (χ3n) is 1.14. The Hall–Kier alpha value is -0.450. The van der Waals surface area contributed by atoms with Gasteiger partial charge in [0.1, 0.15) is 5.78 Å². The Labute approximate surface area is 93.2 Å². The molecule has 0 saturated heterocycles. The molecule has 0 aromatic carbocycles. The van der Waals surface area contributed by atoms with Gasteiger partial charge >= 0.3 is 22.4 Å². The number of hydrogen-bond acceptors (Lipinski definition) is 3. The molecule has 0 aliphatic carbocycles. The quantitative estimate of drug-likeness (QED) is 0.461. The maximum Gasteiger partial charge on any atom is 1.00 e. The van der Waals surface area contributed by atoms with E-state index >= 15 is 0 Å². The maximum absolute atomic E-state index is 10.4. The molecule has 0 saturated carbocycles. The van der Waals surface area contributed by atoms with Gasteiger partial charge < -0.3 is 14.7 Å². The van der Waals surface area contributed by atoms with Crippen LogP contribution in [0.15, 0.2) is 0 Å². The van der Waals surface area contributed by atoms with E-state index in [0.717, 1.165) is 6.92 Å². The van der Waals surface area contributed by atoms with E-state index in [-0.39, 0.29) is 28.2 Å². The molecule has 13 heavy (non-hydrogen) atoms. The molecular formula is C8H13AgO4. The minimum absolute atomic E-state index is 0. The second kappa shape index (κ2) is 8.16. The largest absolute Gasteiger partial charge is 1.00 e. The number of hydrogen-bond donors (Lipinski definition) is 1.